The fraction of sp³-hybridized carbons (Fsp3) is 0.500. The number of ether oxygens (including phenoxy) is 1. The van der Waals surface area contributed by atoms with Crippen LogP contribution in [0.15, 0.2) is 29.2 Å². The lowest BCUT2D eigenvalue weighted by Crippen LogP contribution is -2.46. The van der Waals surface area contributed by atoms with Gasteiger partial charge in [-0.1, -0.05) is 13.8 Å². The zero-order valence-electron chi connectivity index (χ0n) is 14.6. The Kier molecular flexibility index (Phi) is 6.92. The second-order valence-corrected chi connectivity index (χ2v) is 7.77. The second kappa shape index (κ2) is 8.25. The Bertz CT molecular complexity index is 681. The lowest BCUT2D eigenvalue weighted by Gasteiger charge is -2.23. The molecule has 8 heteroatoms. The van der Waals surface area contributed by atoms with Gasteiger partial charge in [-0.2, -0.15) is 4.72 Å². The Morgan fingerprint density at radius 2 is 1.71 bits per heavy atom. The first-order valence-electron chi connectivity index (χ1n) is 7.50. The van der Waals surface area contributed by atoms with Gasteiger partial charge in [0.1, 0.15) is 6.04 Å². The van der Waals surface area contributed by atoms with Crippen LogP contribution in [-0.4, -0.2) is 52.4 Å². The molecule has 0 heterocycles. The molecule has 0 aliphatic heterocycles. The van der Waals surface area contributed by atoms with Crippen LogP contribution in [0.2, 0.25) is 0 Å². The Labute approximate surface area is 143 Å². The van der Waals surface area contributed by atoms with Gasteiger partial charge in [-0.25, -0.2) is 13.2 Å². The van der Waals surface area contributed by atoms with Crippen molar-refractivity contribution in [2.75, 3.05) is 21.2 Å². The average Bonchev–Trinajstić information content (AvgIpc) is 2.52. The fourth-order valence-corrected chi connectivity index (χ4v) is 3.33. The highest BCUT2D eigenvalue weighted by molar-refractivity contribution is 7.89. The molecule has 1 atom stereocenters. The molecule has 0 saturated heterocycles. The normalized spacial score (nSPS) is 12.8. The van der Waals surface area contributed by atoms with Crippen LogP contribution in [-0.2, 0) is 19.6 Å². The van der Waals surface area contributed by atoms with E-state index in [-0.39, 0.29) is 22.3 Å². The first kappa shape index (κ1) is 20.1. The molecule has 24 heavy (non-hydrogen) atoms. The molecule has 1 rings (SSSR count). The molecule has 0 aromatic heterocycles. The summed E-state index contributed by atoms with van der Waals surface area (Å²) >= 11 is 0. The lowest BCUT2D eigenvalue weighted by molar-refractivity contribution is -0.130. The molecule has 0 aliphatic rings. The summed E-state index contributed by atoms with van der Waals surface area (Å²) < 4.78 is 32.0. The topological polar surface area (TPSA) is 92.8 Å². The van der Waals surface area contributed by atoms with Gasteiger partial charge in [0.25, 0.3) is 0 Å². The minimum atomic E-state index is -3.88. The number of nitrogens with one attached hydrogen (secondary N) is 1. The Balaban J connectivity index is 3.04. The summed E-state index contributed by atoms with van der Waals surface area (Å²) in [7, 11) is 0.522. The van der Waals surface area contributed by atoms with E-state index in [0.717, 1.165) is 0 Å². The van der Waals surface area contributed by atoms with E-state index in [1.54, 1.807) is 14.1 Å². The predicted molar refractivity (Wildman–Crippen MR) is 90.0 cm³/mol. The fourth-order valence-electron chi connectivity index (χ4n) is 2.13. The number of rotatable bonds is 7. The smallest absolute Gasteiger partial charge is 0.337 e. The van der Waals surface area contributed by atoms with E-state index in [4.69, 9.17) is 0 Å². The van der Waals surface area contributed by atoms with E-state index in [0.29, 0.717) is 6.42 Å². The van der Waals surface area contributed by atoms with Gasteiger partial charge in [0.05, 0.1) is 17.6 Å². The zero-order valence-corrected chi connectivity index (χ0v) is 15.4. The van der Waals surface area contributed by atoms with Crippen molar-refractivity contribution in [3.8, 4) is 0 Å². The largest absolute Gasteiger partial charge is 0.465 e. The molecule has 134 valence electrons. The molecule has 1 aromatic carbocycles. The maximum atomic E-state index is 12.5. The molecule has 0 bridgehead atoms. The van der Waals surface area contributed by atoms with Gasteiger partial charge in [0, 0.05) is 14.1 Å². The van der Waals surface area contributed by atoms with Crippen molar-refractivity contribution in [3.05, 3.63) is 29.8 Å². The number of benzene rings is 1. The summed E-state index contributed by atoms with van der Waals surface area (Å²) in [5.74, 6) is -0.714. The monoisotopic (exact) mass is 356 g/mol. The SMILES string of the molecule is COC(=O)c1ccc(S(=O)(=O)N[C@@H](CC(C)C)C(=O)N(C)C)cc1. The molecule has 0 unspecified atom stereocenters. The minimum Gasteiger partial charge on any atom is -0.465 e. The molecule has 0 aliphatic carbocycles. The van der Waals surface area contributed by atoms with Crippen LogP contribution >= 0.6 is 0 Å². The quantitative estimate of drug-likeness (QED) is 0.742. The first-order valence-corrected chi connectivity index (χ1v) is 8.98. The van der Waals surface area contributed by atoms with E-state index in [1.165, 1.54) is 36.3 Å². The van der Waals surface area contributed by atoms with Gasteiger partial charge in [-0.05, 0) is 36.6 Å². The Morgan fingerprint density at radius 1 is 1.17 bits per heavy atom. The van der Waals surface area contributed by atoms with Gasteiger partial charge < -0.3 is 9.64 Å². The number of hydrogen-bond donors (Lipinski definition) is 1. The molecule has 7 nitrogen and oxygen atoms in total. The van der Waals surface area contributed by atoms with Crippen molar-refractivity contribution in [2.24, 2.45) is 5.92 Å². The minimum absolute atomic E-state index is 0.0181. The standard InChI is InChI=1S/C16H24N2O5S/c1-11(2)10-14(15(19)18(3)4)17-24(21,22)13-8-6-12(7-9-13)16(20)23-5/h6-9,11,14,17H,10H2,1-5H3/t14-/m0/s1. The first-order chi connectivity index (χ1) is 11.1. The van der Waals surface area contributed by atoms with Crippen LogP contribution in [0.5, 0.6) is 0 Å². The molecule has 1 N–H and O–H groups in total. The van der Waals surface area contributed by atoms with Crippen LogP contribution in [0.4, 0.5) is 0 Å². The van der Waals surface area contributed by atoms with Crippen molar-refractivity contribution >= 4 is 21.9 Å². The highest BCUT2D eigenvalue weighted by Crippen LogP contribution is 2.15. The van der Waals surface area contributed by atoms with Gasteiger partial charge in [0.15, 0.2) is 0 Å². The van der Waals surface area contributed by atoms with E-state index in [9.17, 15) is 18.0 Å². The third-order valence-electron chi connectivity index (χ3n) is 3.33. The van der Waals surface area contributed by atoms with Gasteiger partial charge in [-0.15, -0.1) is 0 Å². The average molecular weight is 356 g/mol. The van der Waals surface area contributed by atoms with E-state index in [1.807, 2.05) is 13.8 Å². The predicted octanol–water partition coefficient (Wildman–Crippen LogP) is 1.25. The van der Waals surface area contributed by atoms with Crippen LogP contribution in [0, 0.1) is 5.92 Å². The molecule has 0 fully saturated rings. The van der Waals surface area contributed by atoms with E-state index < -0.39 is 22.0 Å². The molecule has 1 aromatic rings. The summed E-state index contributed by atoms with van der Waals surface area (Å²) in [6.07, 6.45) is 0.385. The molecular weight excluding hydrogens is 332 g/mol. The number of hydrogen-bond acceptors (Lipinski definition) is 5. The van der Waals surface area contributed by atoms with Gasteiger partial charge in [0.2, 0.25) is 15.9 Å². The zero-order chi connectivity index (χ0) is 18.5. The maximum Gasteiger partial charge on any atom is 0.337 e. The summed E-state index contributed by atoms with van der Waals surface area (Å²) in [6, 6.07) is 4.50. The number of carbonyl (C=O) groups excluding carboxylic acids is 2. The molecular formula is C16H24N2O5S. The second-order valence-electron chi connectivity index (χ2n) is 6.05. The molecule has 0 spiro atoms. The number of esters is 1. The van der Waals surface area contributed by atoms with Crippen molar-refractivity contribution in [1.82, 2.24) is 9.62 Å². The third kappa shape index (κ3) is 5.31. The maximum absolute atomic E-state index is 12.5. The van der Waals surface area contributed by atoms with E-state index in [2.05, 4.69) is 9.46 Å². The van der Waals surface area contributed by atoms with Crippen molar-refractivity contribution < 1.29 is 22.7 Å². The summed E-state index contributed by atoms with van der Waals surface area (Å²) in [6.45, 7) is 3.82. The lowest BCUT2D eigenvalue weighted by atomic mass is 10.0. The molecule has 0 saturated carbocycles. The van der Waals surface area contributed by atoms with Crippen LogP contribution < -0.4 is 4.72 Å². The summed E-state index contributed by atoms with van der Waals surface area (Å²) in [5.41, 5.74) is 0.250. The van der Waals surface area contributed by atoms with Crippen LogP contribution in [0.1, 0.15) is 30.6 Å². The van der Waals surface area contributed by atoms with Crippen LogP contribution in [0.3, 0.4) is 0 Å². The number of methoxy groups -OCH3 is 1. The third-order valence-corrected chi connectivity index (χ3v) is 4.82. The van der Waals surface area contributed by atoms with Crippen molar-refractivity contribution in [1.29, 1.82) is 0 Å². The highest BCUT2D eigenvalue weighted by atomic mass is 32.2. The molecule has 1 amide bonds. The highest BCUT2D eigenvalue weighted by Gasteiger charge is 2.27. The number of carbonyl (C=O) groups is 2. The number of amides is 1. The van der Waals surface area contributed by atoms with Crippen molar-refractivity contribution in [3.63, 3.8) is 0 Å². The van der Waals surface area contributed by atoms with Crippen molar-refractivity contribution in [2.45, 2.75) is 31.2 Å². The number of sulfonamides is 1. The van der Waals surface area contributed by atoms with Gasteiger partial charge in [-0.3, -0.25) is 4.79 Å². The van der Waals surface area contributed by atoms with E-state index >= 15 is 0 Å². The Morgan fingerprint density at radius 3 is 2.12 bits per heavy atom. The summed E-state index contributed by atoms with van der Waals surface area (Å²) in [4.78, 5) is 24.9. The Hall–Kier alpha value is -1.93. The molecule has 0 radical (unpaired) electrons. The van der Waals surface area contributed by atoms with Crippen LogP contribution in [0.25, 0.3) is 0 Å². The van der Waals surface area contributed by atoms with Gasteiger partial charge >= 0.3 is 5.97 Å². The number of nitrogens with zero attached hydrogens (tertiary/aromatic N) is 1. The summed E-state index contributed by atoms with van der Waals surface area (Å²) in [5, 5.41) is 0. The number of likely N-dealkylation sites (N-methyl/N-ethyl adjacent to an activating group) is 1.